The van der Waals surface area contributed by atoms with Gasteiger partial charge in [0.25, 0.3) is 0 Å². The molecule has 0 bridgehead atoms. The van der Waals surface area contributed by atoms with Gasteiger partial charge in [0.1, 0.15) is 0 Å². The van der Waals surface area contributed by atoms with Crippen LogP contribution < -0.4 is 10.4 Å². The van der Waals surface area contributed by atoms with Crippen LogP contribution in [0.5, 0.6) is 0 Å². The van der Waals surface area contributed by atoms with E-state index in [0.29, 0.717) is 11.3 Å². The van der Waals surface area contributed by atoms with Crippen LogP contribution in [-0.2, 0) is 27.2 Å². The number of hydroxylamine groups is 1. The van der Waals surface area contributed by atoms with Gasteiger partial charge in [0, 0.05) is 18.7 Å². The lowest BCUT2D eigenvalue weighted by Gasteiger charge is -2.22. The smallest absolute Gasteiger partial charge is 0.311 e. The molecule has 0 heterocycles. The van der Waals surface area contributed by atoms with Gasteiger partial charge < -0.3 is 10.0 Å². The van der Waals surface area contributed by atoms with Gasteiger partial charge in [0.2, 0.25) is 11.7 Å². The molecule has 3 N–H and O–H groups in total. The van der Waals surface area contributed by atoms with E-state index in [1.165, 1.54) is 10.4 Å². The zero-order valence-electron chi connectivity index (χ0n) is 14.1. The van der Waals surface area contributed by atoms with E-state index in [4.69, 9.17) is 5.21 Å². The number of para-hydroxylation sites is 1. The number of ketones is 1. The maximum atomic E-state index is 12.6. The molecule has 0 atom stereocenters. The number of anilines is 1. The summed E-state index contributed by atoms with van der Waals surface area (Å²) in [6.45, 7) is 0.0559. The Bertz CT molecular complexity index is 759. The number of carbonyl (C=O) groups is 3. The minimum atomic E-state index is -1.06. The van der Waals surface area contributed by atoms with Crippen LogP contribution in [0.15, 0.2) is 54.6 Å². The Morgan fingerprint density at radius 3 is 2.00 bits per heavy atom. The molecule has 0 saturated carbocycles. The summed E-state index contributed by atoms with van der Waals surface area (Å²) in [5.41, 5.74) is 3.36. The molecule has 0 spiro atoms. The lowest BCUT2D eigenvalue weighted by molar-refractivity contribution is -0.142. The summed E-state index contributed by atoms with van der Waals surface area (Å²) in [6, 6.07) is 15.8. The van der Waals surface area contributed by atoms with Gasteiger partial charge in [-0.3, -0.25) is 19.6 Å². The molecule has 0 radical (unpaired) electrons. The van der Waals surface area contributed by atoms with Crippen LogP contribution in [0.25, 0.3) is 0 Å². The maximum Gasteiger partial charge on any atom is 0.311 e. The SMILES string of the molecule is O=C(Cc1ccc(CC(=O)N(CCO)c2ccccc2)cc1)C(=O)NO. The average molecular weight is 356 g/mol. The minimum Gasteiger partial charge on any atom is -0.395 e. The standard InChI is InChI=1S/C19H20N2O5/c22-11-10-21(16-4-2-1-3-5-16)18(24)13-15-8-6-14(7-9-15)12-17(23)19(25)20-26/h1-9,22,26H,10-13H2,(H,20,25). The molecule has 7 nitrogen and oxygen atoms in total. The molecule has 2 aromatic carbocycles. The van der Waals surface area contributed by atoms with E-state index in [-0.39, 0.29) is 31.9 Å². The van der Waals surface area contributed by atoms with Crippen LogP contribution in [0.2, 0.25) is 0 Å². The molecule has 2 amide bonds. The summed E-state index contributed by atoms with van der Waals surface area (Å²) < 4.78 is 0. The fourth-order valence-electron chi connectivity index (χ4n) is 2.48. The van der Waals surface area contributed by atoms with Crippen molar-refractivity contribution in [3.63, 3.8) is 0 Å². The van der Waals surface area contributed by atoms with E-state index in [2.05, 4.69) is 0 Å². The van der Waals surface area contributed by atoms with Crippen molar-refractivity contribution in [3.8, 4) is 0 Å². The molecular formula is C19H20N2O5. The highest BCUT2D eigenvalue weighted by Gasteiger charge is 2.16. The quantitative estimate of drug-likeness (QED) is 0.370. The number of nitrogens with zero attached hydrogens (tertiary/aromatic N) is 1. The van der Waals surface area contributed by atoms with Gasteiger partial charge in [-0.25, -0.2) is 5.48 Å². The second kappa shape index (κ2) is 9.45. The Morgan fingerprint density at radius 2 is 1.46 bits per heavy atom. The number of benzene rings is 2. The van der Waals surface area contributed by atoms with E-state index >= 15 is 0 Å². The number of carbonyl (C=O) groups excluding carboxylic acids is 3. The Hall–Kier alpha value is -3.03. The van der Waals surface area contributed by atoms with Crippen LogP contribution in [0, 0.1) is 0 Å². The van der Waals surface area contributed by atoms with Crippen molar-refractivity contribution in [1.29, 1.82) is 0 Å². The first-order valence-electron chi connectivity index (χ1n) is 8.06. The highest BCUT2D eigenvalue weighted by molar-refractivity contribution is 6.36. The first-order valence-corrected chi connectivity index (χ1v) is 8.06. The normalized spacial score (nSPS) is 10.2. The van der Waals surface area contributed by atoms with Gasteiger partial charge in [0.15, 0.2) is 0 Å². The van der Waals surface area contributed by atoms with E-state index in [1.54, 1.807) is 36.4 Å². The van der Waals surface area contributed by atoms with E-state index in [1.807, 2.05) is 18.2 Å². The van der Waals surface area contributed by atoms with Crippen molar-refractivity contribution in [2.75, 3.05) is 18.1 Å². The van der Waals surface area contributed by atoms with Gasteiger partial charge in [-0.1, -0.05) is 42.5 Å². The first-order chi connectivity index (χ1) is 12.5. The minimum absolute atomic E-state index is 0.138. The molecule has 7 heteroatoms. The number of hydrogen-bond donors (Lipinski definition) is 3. The van der Waals surface area contributed by atoms with Gasteiger partial charge in [-0.05, 0) is 23.3 Å². The largest absolute Gasteiger partial charge is 0.395 e. The number of rotatable bonds is 8. The monoisotopic (exact) mass is 356 g/mol. The maximum absolute atomic E-state index is 12.6. The number of Topliss-reactive ketones (excluding diaryl/α,β-unsaturated/α-hetero) is 1. The lowest BCUT2D eigenvalue weighted by atomic mass is 10.0. The van der Waals surface area contributed by atoms with Crippen molar-refractivity contribution in [2.45, 2.75) is 12.8 Å². The van der Waals surface area contributed by atoms with Gasteiger partial charge in [-0.15, -0.1) is 0 Å². The molecule has 26 heavy (non-hydrogen) atoms. The third-order valence-electron chi connectivity index (χ3n) is 3.79. The molecule has 2 rings (SSSR count). The molecule has 0 aliphatic rings. The summed E-state index contributed by atoms with van der Waals surface area (Å²) in [5.74, 6) is -1.98. The number of aliphatic hydroxyl groups is 1. The van der Waals surface area contributed by atoms with Crippen LogP contribution in [0.3, 0.4) is 0 Å². The molecule has 2 aromatic rings. The van der Waals surface area contributed by atoms with E-state index in [0.717, 1.165) is 5.56 Å². The Labute approximate surface area is 150 Å². The fourth-order valence-corrected chi connectivity index (χ4v) is 2.48. The molecule has 0 saturated heterocycles. The zero-order valence-corrected chi connectivity index (χ0v) is 14.1. The Kier molecular flexibility index (Phi) is 7.02. The number of nitrogens with one attached hydrogen (secondary N) is 1. The van der Waals surface area contributed by atoms with Gasteiger partial charge in [-0.2, -0.15) is 0 Å². The van der Waals surface area contributed by atoms with Crippen molar-refractivity contribution in [3.05, 3.63) is 65.7 Å². The molecule has 0 aliphatic carbocycles. The third-order valence-corrected chi connectivity index (χ3v) is 3.79. The Morgan fingerprint density at radius 1 is 0.885 bits per heavy atom. The number of hydrogen-bond acceptors (Lipinski definition) is 5. The number of aliphatic hydroxyl groups excluding tert-OH is 1. The van der Waals surface area contributed by atoms with Crippen LogP contribution in [-0.4, -0.2) is 41.1 Å². The van der Waals surface area contributed by atoms with Crippen molar-refractivity contribution >= 4 is 23.3 Å². The fraction of sp³-hybridized carbons (Fsp3) is 0.211. The van der Waals surface area contributed by atoms with Crippen LogP contribution >= 0.6 is 0 Å². The lowest BCUT2D eigenvalue weighted by Crippen LogP contribution is -2.34. The molecule has 0 fully saturated rings. The zero-order chi connectivity index (χ0) is 18.9. The van der Waals surface area contributed by atoms with Gasteiger partial charge in [0.05, 0.1) is 13.0 Å². The number of amides is 2. The summed E-state index contributed by atoms with van der Waals surface area (Å²) in [7, 11) is 0. The van der Waals surface area contributed by atoms with Crippen molar-refractivity contribution in [2.24, 2.45) is 0 Å². The topological polar surface area (TPSA) is 107 Å². The second-order valence-corrected chi connectivity index (χ2v) is 5.64. The van der Waals surface area contributed by atoms with Gasteiger partial charge >= 0.3 is 5.91 Å². The molecule has 136 valence electrons. The predicted octanol–water partition coefficient (Wildman–Crippen LogP) is 0.872. The third kappa shape index (κ3) is 5.23. The van der Waals surface area contributed by atoms with E-state index < -0.39 is 11.7 Å². The highest BCUT2D eigenvalue weighted by atomic mass is 16.5. The molecule has 0 unspecified atom stereocenters. The van der Waals surface area contributed by atoms with E-state index in [9.17, 15) is 19.5 Å². The Balaban J connectivity index is 2.04. The van der Waals surface area contributed by atoms with Crippen molar-refractivity contribution in [1.82, 2.24) is 5.48 Å². The van der Waals surface area contributed by atoms with Crippen molar-refractivity contribution < 1.29 is 24.7 Å². The second-order valence-electron chi connectivity index (χ2n) is 5.64. The summed E-state index contributed by atoms with van der Waals surface area (Å²) >= 11 is 0. The summed E-state index contributed by atoms with van der Waals surface area (Å²) in [6.07, 6.45) is 0.00151. The summed E-state index contributed by atoms with van der Waals surface area (Å²) in [4.78, 5) is 36.6. The molecule has 0 aromatic heterocycles. The summed E-state index contributed by atoms with van der Waals surface area (Å²) in [5, 5.41) is 17.7. The average Bonchev–Trinajstić information content (AvgIpc) is 2.67. The first kappa shape index (κ1) is 19.3. The molecule has 0 aliphatic heterocycles. The predicted molar refractivity (Wildman–Crippen MR) is 94.7 cm³/mol. The molecular weight excluding hydrogens is 336 g/mol. The van der Waals surface area contributed by atoms with Crippen LogP contribution in [0.4, 0.5) is 5.69 Å². The highest BCUT2D eigenvalue weighted by Crippen LogP contribution is 2.15. The van der Waals surface area contributed by atoms with Crippen LogP contribution in [0.1, 0.15) is 11.1 Å².